The van der Waals surface area contributed by atoms with Gasteiger partial charge in [0.2, 0.25) is 0 Å². The van der Waals surface area contributed by atoms with Crippen LogP contribution in [0.15, 0.2) is 54.6 Å². The van der Waals surface area contributed by atoms with Gasteiger partial charge in [-0.3, -0.25) is 9.69 Å². The summed E-state index contributed by atoms with van der Waals surface area (Å²) in [6.07, 6.45) is -5.28. The van der Waals surface area contributed by atoms with Crippen molar-refractivity contribution in [1.29, 1.82) is 0 Å². The Hall–Kier alpha value is -3.07. The van der Waals surface area contributed by atoms with Crippen LogP contribution >= 0.6 is 0 Å². The third kappa shape index (κ3) is 3.42. The Kier molecular flexibility index (Phi) is 5.27. The van der Waals surface area contributed by atoms with Gasteiger partial charge in [0.25, 0.3) is 5.72 Å². The first-order chi connectivity index (χ1) is 13.6. The monoisotopic (exact) mass is 408 g/mol. The SMILES string of the molecule is COc1ccc([C@@H]2NC(=O)N(C)[C@@](O)(C(F)(F)F)[C@@H]2C(=O)c2ccccc2)cc1. The molecular weight excluding hydrogens is 389 g/mol. The standard InChI is InChI=1S/C20H19F3N2O4/c1-25-18(27)24-16(12-8-10-14(29-2)11-9-12)15(19(25,28)20(21,22)23)17(26)13-6-4-3-5-7-13/h3-11,15-16,28H,1-2H3,(H,24,27)/t15-,16-,19-/m0/s1. The predicted octanol–water partition coefficient (Wildman–Crippen LogP) is 3.14. The lowest BCUT2D eigenvalue weighted by molar-refractivity contribution is -0.322. The Labute approximate surface area is 164 Å². The lowest BCUT2D eigenvalue weighted by Crippen LogP contribution is -2.72. The molecule has 1 fully saturated rings. The maximum Gasteiger partial charge on any atom is 0.437 e. The van der Waals surface area contributed by atoms with Crippen LogP contribution in [0, 0.1) is 5.92 Å². The molecule has 1 aliphatic heterocycles. The van der Waals surface area contributed by atoms with Crippen LogP contribution < -0.4 is 10.1 Å². The third-order valence-corrected chi connectivity index (χ3v) is 5.09. The fourth-order valence-electron chi connectivity index (χ4n) is 3.48. The van der Waals surface area contributed by atoms with E-state index in [0.717, 1.165) is 7.05 Å². The highest BCUT2D eigenvalue weighted by molar-refractivity contribution is 6.00. The molecule has 2 aromatic carbocycles. The smallest absolute Gasteiger partial charge is 0.437 e. The van der Waals surface area contributed by atoms with Crippen molar-refractivity contribution in [2.45, 2.75) is 17.9 Å². The second kappa shape index (κ2) is 7.40. The fraction of sp³-hybridized carbons (Fsp3) is 0.300. The highest BCUT2D eigenvalue weighted by Crippen LogP contribution is 2.47. The predicted molar refractivity (Wildman–Crippen MR) is 97.3 cm³/mol. The van der Waals surface area contributed by atoms with Crippen molar-refractivity contribution in [3.05, 3.63) is 65.7 Å². The van der Waals surface area contributed by atoms with Gasteiger partial charge in [-0.05, 0) is 17.7 Å². The van der Waals surface area contributed by atoms with Crippen molar-refractivity contribution in [3.8, 4) is 5.75 Å². The van der Waals surface area contributed by atoms with E-state index in [1.807, 2.05) is 0 Å². The number of carbonyl (C=O) groups is 2. The van der Waals surface area contributed by atoms with Gasteiger partial charge in [0.05, 0.1) is 13.2 Å². The Balaban J connectivity index is 2.18. The molecule has 29 heavy (non-hydrogen) atoms. The molecule has 0 saturated carbocycles. The Morgan fingerprint density at radius 3 is 2.24 bits per heavy atom. The van der Waals surface area contributed by atoms with E-state index in [1.165, 1.54) is 55.6 Å². The number of alkyl halides is 3. The van der Waals surface area contributed by atoms with Crippen molar-refractivity contribution in [3.63, 3.8) is 0 Å². The topological polar surface area (TPSA) is 78.9 Å². The van der Waals surface area contributed by atoms with Gasteiger partial charge in [0, 0.05) is 12.6 Å². The van der Waals surface area contributed by atoms with Crippen molar-refractivity contribution in [2.24, 2.45) is 5.92 Å². The molecular formula is C20H19F3N2O4. The van der Waals surface area contributed by atoms with E-state index in [4.69, 9.17) is 4.74 Å². The first-order valence-corrected chi connectivity index (χ1v) is 8.68. The number of aliphatic hydroxyl groups is 1. The number of urea groups is 1. The number of nitrogens with zero attached hydrogens (tertiary/aromatic N) is 1. The van der Waals surface area contributed by atoms with E-state index in [2.05, 4.69) is 5.32 Å². The zero-order valence-corrected chi connectivity index (χ0v) is 15.6. The molecule has 1 heterocycles. The molecule has 1 saturated heterocycles. The van der Waals surface area contributed by atoms with Gasteiger partial charge >= 0.3 is 12.2 Å². The summed E-state index contributed by atoms with van der Waals surface area (Å²) in [7, 11) is 2.23. The van der Waals surface area contributed by atoms with Crippen LogP contribution in [0.5, 0.6) is 5.75 Å². The summed E-state index contributed by atoms with van der Waals surface area (Å²) in [4.78, 5) is 25.6. The van der Waals surface area contributed by atoms with Gasteiger partial charge in [0.15, 0.2) is 5.78 Å². The summed E-state index contributed by atoms with van der Waals surface area (Å²) in [5, 5.41) is 13.2. The molecule has 154 valence electrons. The minimum Gasteiger partial charge on any atom is -0.497 e. The van der Waals surface area contributed by atoms with Crippen LogP contribution in [0.4, 0.5) is 18.0 Å². The molecule has 0 radical (unpaired) electrons. The number of amides is 2. The first-order valence-electron chi connectivity index (χ1n) is 8.68. The van der Waals surface area contributed by atoms with E-state index in [9.17, 15) is 27.9 Å². The van der Waals surface area contributed by atoms with E-state index in [0.29, 0.717) is 5.75 Å². The molecule has 9 heteroatoms. The number of benzene rings is 2. The van der Waals surface area contributed by atoms with E-state index < -0.39 is 35.7 Å². The largest absolute Gasteiger partial charge is 0.497 e. The van der Waals surface area contributed by atoms with Crippen molar-refractivity contribution in [1.82, 2.24) is 10.2 Å². The van der Waals surface area contributed by atoms with Gasteiger partial charge < -0.3 is 15.2 Å². The number of ether oxygens (including phenoxy) is 1. The molecule has 0 aromatic heterocycles. The second-order valence-electron chi connectivity index (χ2n) is 6.69. The van der Waals surface area contributed by atoms with Crippen LogP contribution in [-0.4, -0.2) is 47.9 Å². The van der Waals surface area contributed by atoms with E-state index in [-0.39, 0.29) is 16.0 Å². The Morgan fingerprint density at radius 1 is 1.14 bits per heavy atom. The summed E-state index contributed by atoms with van der Waals surface area (Å²) in [6, 6.07) is 10.7. The normalized spacial score (nSPS) is 24.8. The van der Waals surface area contributed by atoms with Crippen molar-refractivity contribution in [2.75, 3.05) is 14.2 Å². The number of carbonyl (C=O) groups excluding carboxylic acids is 2. The average Bonchev–Trinajstić information content (AvgIpc) is 2.71. The zero-order chi connectivity index (χ0) is 21.4. The van der Waals surface area contributed by atoms with Crippen molar-refractivity contribution >= 4 is 11.8 Å². The number of methoxy groups -OCH3 is 1. The summed E-state index contributed by atoms with van der Waals surface area (Å²) in [6.45, 7) is 0. The van der Waals surface area contributed by atoms with Crippen LogP contribution in [0.2, 0.25) is 0 Å². The minimum absolute atomic E-state index is 0.0109. The van der Waals surface area contributed by atoms with Gasteiger partial charge in [-0.1, -0.05) is 42.5 Å². The number of ketones is 1. The van der Waals surface area contributed by atoms with Gasteiger partial charge in [-0.15, -0.1) is 0 Å². The molecule has 2 amide bonds. The molecule has 0 bridgehead atoms. The Bertz CT molecular complexity index is 902. The van der Waals surface area contributed by atoms with E-state index in [1.54, 1.807) is 6.07 Å². The van der Waals surface area contributed by atoms with Crippen molar-refractivity contribution < 1.29 is 32.6 Å². The summed E-state index contributed by atoms with van der Waals surface area (Å²) in [5.41, 5.74) is -3.49. The molecule has 1 aliphatic rings. The van der Waals surface area contributed by atoms with Gasteiger partial charge in [-0.2, -0.15) is 13.2 Å². The first kappa shape index (κ1) is 20.7. The van der Waals surface area contributed by atoms with Gasteiger partial charge in [-0.25, -0.2) is 4.79 Å². The second-order valence-corrected chi connectivity index (χ2v) is 6.69. The minimum atomic E-state index is -5.28. The molecule has 2 aromatic rings. The molecule has 0 unspecified atom stereocenters. The summed E-state index contributed by atoms with van der Waals surface area (Å²) >= 11 is 0. The lowest BCUT2D eigenvalue weighted by Gasteiger charge is -2.49. The highest BCUT2D eigenvalue weighted by Gasteiger charge is 2.69. The fourth-order valence-corrected chi connectivity index (χ4v) is 3.48. The molecule has 6 nitrogen and oxygen atoms in total. The highest BCUT2D eigenvalue weighted by atomic mass is 19.4. The molecule has 0 aliphatic carbocycles. The number of halogens is 3. The number of hydrogen-bond acceptors (Lipinski definition) is 4. The number of Topliss-reactive ketones (excluding diaryl/α,β-unsaturated/α-hetero) is 1. The van der Waals surface area contributed by atoms with Crippen LogP contribution in [0.3, 0.4) is 0 Å². The third-order valence-electron chi connectivity index (χ3n) is 5.09. The molecule has 2 N–H and O–H groups in total. The molecule has 3 rings (SSSR count). The van der Waals surface area contributed by atoms with E-state index >= 15 is 0 Å². The van der Waals surface area contributed by atoms with Gasteiger partial charge in [0.1, 0.15) is 11.7 Å². The summed E-state index contributed by atoms with van der Waals surface area (Å²) in [5.74, 6) is -2.54. The number of hydrogen-bond donors (Lipinski definition) is 2. The van der Waals surface area contributed by atoms with Crippen LogP contribution in [-0.2, 0) is 0 Å². The molecule has 0 spiro atoms. The maximum atomic E-state index is 14.0. The Morgan fingerprint density at radius 2 is 1.72 bits per heavy atom. The lowest BCUT2D eigenvalue weighted by atomic mass is 9.76. The average molecular weight is 408 g/mol. The van der Waals surface area contributed by atoms with Crippen LogP contribution in [0.1, 0.15) is 22.0 Å². The number of rotatable bonds is 4. The van der Waals surface area contributed by atoms with Crippen LogP contribution in [0.25, 0.3) is 0 Å². The molecule has 3 atom stereocenters. The number of nitrogens with one attached hydrogen (secondary N) is 1. The summed E-state index contributed by atoms with van der Waals surface area (Å²) < 4.78 is 47.2. The quantitative estimate of drug-likeness (QED) is 0.762. The maximum absolute atomic E-state index is 14.0. The zero-order valence-electron chi connectivity index (χ0n) is 15.6.